The number of methoxy groups -OCH3 is 2. The van der Waals surface area contributed by atoms with E-state index >= 15 is 0 Å². The molecule has 2 aliphatic rings. The molecule has 0 aliphatic carbocycles. The second kappa shape index (κ2) is 9.82. The monoisotopic (exact) mass is 473 g/mol. The predicted molar refractivity (Wildman–Crippen MR) is 103 cm³/mol. The zero-order chi connectivity index (χ0) is 24.4. The lowest BCUT2D eigenvalue weighted by Crippen LogP contribution is -2.53. The summed E-state index contributed by atoms with van der Waals surface area (Å²) in [5.41, 5.74) is 3.84. The molecule has 0 saturated carbocycles. The third-order valence-corrected chi connectivity index (χ3v) is 5.09. The fourth-order valence-electron chi connectivity index (χ4n) is 3.48. The van der Waals surface area contributed by atoms with Gasteiger partial charge in [-0.1, -0.05) is 0 Å². The molecule has 182 valence electrons. The number of aliphatic hydroxyl groups is 3. The van der Waals surface area contributed by atoms with E-state index in [4.69, 9.17) is 24.7 Å². The van der Waals surface area contributed by atoms with Gasteiger partial charge in [-0.3, -0.25) is 19.1 Å². The fourth-order valence-corrected chi connectivity index (χ4v) is 3.48. The van der Waals surface area contributed by atoms with E-state index < -0.39 is 78.0 Å². The summed E-state index contributed by atoms with van der Waals surface area (Å²) in [7, 11) is 2.25. The molecule has 3 rings (SSSR count). The van der Waals surface area contributed by atoms with E-state index in [1.165, 1.54) is 7.11 Å². The van der Waals surface area contributed by atoms with Crippen molar-refractivity contribution in [2.24, 2.45) is 5.73 Å². The second-order valence-corrected chi connectivity index (χ2v) is 7.15. The van der Waals surface area contributed by atoms with Gasteiger partial charge in [-0.25, -0.2) is 9.59 Å². The lowest BCUT2D eigenvalue weighted by atomic mass is 10.0. The average Bonchev–Trinajstić information content (AvgIpc) is 3.09. The molecule has 33 heavy (non-hydrogen) atoms. The van der Waals surface area contributed by atoms with Crippen molar-refractivity contribution < 1.29 is 48.6 Å². The van der Waals surface area contributed by atoms with Crippen LogP contribution in [0.25, 0.3) is 0 Å². The highest BCUT2D eigenvalue weighted by Crippen LogP contribution is 2.34. The SMILES string of the molecule is COC(=O)C1=C[C@H](O)[C@H](O)[C@@H](O[C@@H](C(N)=O)C2O[C@@H](n3ccc(=O)[nH]c3=O)[C@H](O)[C@@H]2OC)O1. The van der Waals surface area contributed by atoms with Crippen molar-refractivity contribution in [2.45, 2.75) is 49.1 Å². The maximum atomic E-state index is 12.2. The molecule has 1 fully saturated rings. The Labute approximate surface area is 184 Å². The lowest BCUT2D eigenvalue weighted by Gasteiger charge is -2.34. The van der Waals surface area contributed by atoms with Gasteiger partial charge in [-0.2, -0.15) is 0 Å². The number of hydrogen-bond donors (Lipinski definition) is 5. The summed E-state index contributed by atoms with van der Waals surface area (Å²) in [6, 6.07) is 1.02. The topological polar surface area (TPSA) is 222 Å². The van der Waals surface area contributed by atoms with Crippen LogP contribution in [0, 0.1) is 0 Å². The number of nitrogens with two attached hydrogens (primary N) is 1. The van der Waals surface area contributed by atoms with Crippen molar-refractivity contribution in [1.29, 1.82) is 0 Å². The van der Waals surface area contributed by atoms with Gasteiger partial charge in [0.05, 0.1) is 7.11 Å². The largest absolute Gasteiger partial charge is 0.463 e. The quantitative estimate of drug-likeness (QED) is 0.238. The Morgan fingerprint density at radius 3 is 2.48 bits per heavy atom. The van der Waals surface area contributed by atoms with Crippen molar-refractivity contribution in [3.63, 3.8) is 0 Å². The van der Waals surface area contributed by atoms with E-state index in [9.17, 15) is 34.5 Å². The summed E-state index contributed by atoms with van der Waals surface area (Å²) in [5, 5.41) is 30.8. The molecule has 0 bridgehead atoms. The van der Waals surface area contributed by atoms with Gasteiger partial charge in [0.15, 0.2) is 12.3 Å². The number of carbonyl (C=O) groups is 2. The number of primary amides is 1. The molecule has 1 amide bonds. The second-order valence-electron chi connectivity index (χ2n) is 7.15. The minimum Gasteiger partial charge on any atom is -0.463 e. The number of carbonyl (C=O) groups excluding carboxylic acids is 2. The first-order chi connectivity index (χ1) is 15.6. The van der Waals surface area contributed by atoms with Crippen LogP contribution in [-0.4, -0.2) is 93.9 Å². The molecular formula is C18H23N3O12. The zero-order valence-electron chi connectivity index (χ0n) is 17.4. The van der Waals surface area contributed by atoms with E-state index in [-0.39, 0.29) is 0 Å². The number of nitrogens with one attached hydrogen (secondary N) is 1. The smallest absolute Gasteiger partial charge is 0.373 e. The number of ether oxygens (including phenoxy) is 5. The van der Waals surface area contributed by atoms with Crippen LogP contribution in [0.5, 0.6) is 0 Å². The average molecular weight is 473 g/mol. The van der Waals surface area contributed by atoms with Crippen molar-refractivity contribution in [3.05, 3.63) is 44.9 Å². The molecule has 0 spiro atoms. The molecule has 3 heterocycles. The molecule has 15 heteroatoms. The highest BCUT2D eigenvalue weighted by atomic mass is 16.7. The molecule has 1 saturated heterocycles. The van der Waals surface area contributed by atoms with Gasteiger partial charge in [0.1, 0.15) is 30.5 Å². The summed E-state index contributed by atoms with van der Waals surface area (Å²) in [5.74, 6) is -2.61. The van der Waals surface area contributed by atoms with Crippen molar-refractivity contribution >= 4 is 11.9 Å². The molecule has 15 nitrogen and oxygen atoms in total. The lowest BCUT2D eigenvalue weighted by molar-refractivity contribution is -0.242. The van der Waals surface area contributed by atoms with Crippen LogP contribution in [0.1, 0.15) is 6.23 Å². The Morgan fingerprint density at radius 1 is 1.21 bits per heavy atom. The normalized spacial score (nSPS) is 32.5. The first kappa shape index (κ1) is 24.6. The molecule has 1 aromatic rings. The Hall–Kier alpha value is -3.08. The number of hydrogen-bond acceptors (Lipinski definition) is 12. The first-order valence-electron chi connectivity index (χ1n) is 9.54. The number of aromatic nitrogens is 2. The maximum Gasteiger partial charge on any atom is 0.373 e. The Balaban J connectivity index is 1.88. The number of aromatic amines is 1. The fraction of sp³-hybridized carbons (Fsp3) is 0.556. The number of rotatable bonds is 7. The van der Waals surface area contributed by atoms with E-state index in [2.05, 4.69) is 4.74 Å². The highest BCUT2D eigenvalue weighted by Gasteiger charge is 2.52. The maximum absolute atomic E-state index is 12.2. The van der Waals surface area contributed by atoms with Gasteiger partial charge >= 0.3 is 11.7 Å². The van der Waals surface area contributed by atoms with Crippen LogP contribution in [0.15, 0.2) is 33.7 Å². The molecule has 6 N–H and O–H groups in total. The Morgan fingerprint density at radius 2 is 1.91 bits per heavy atom. The van der Waals surface area contributed by atoms with Gasteiger partial charge in [0, 0.05) is 19.4 Å². The number of H-pyrrole nitrogens is 1. The van der Waals surface area contributed by atoms with E-state index in [1.807, 2.05) is 4.98 Å². The number of esters is 1. The number of nitrogens with zero attached hydrogens (tertiary/aromatic N) is 1. The van der Waals surface area contributed by atoms with Crippen LogP contribution in [0.2, 0.25) is 0 Å². The Kier molecular flexibility index (Phi) is 7.31. The molecular weight excluding hydrogens is 450 g/mol. The molecule has 2 aliphatic heterocycles. The number of amides is 1. The Bertz CT molecular complexity index is 1030. The highest BCUT2D eigenvalue weighted by molar-refractivity contribution is 5.86. The molecule has 8 atom stereocenters. The van der Waals surface area contributed by atoms with Crippen LogP contribution in [0.4, 0.5) is 0 Å². The minimum absolute atomic E-state index is 0.489. The van der Waals surface area contributed by atoms with E-state index in [0.717, 1.165) is 30.0 Å². The minimum atomic E-state index is -1.77. The van der Waals surface area contributed by atoms with Crippen molar-refractivity contribution in [3.8, 4) is 0 Å². The van der Waals surface area contributed by atoms with Gasteiger partial charge in [0.2, 0.25) is 18.0 Å². The third-order valence-electron chi connectivity index (χ3n) is 5.09. The van der Waals surface area contributed by atoms with Gasteiger partial charge in [-0.15, -0.1) is 0 Å². The van der Waals surface area contributed by atoms with Crippen LogP contribution >= 0.6 is 0 Å². The molecule has 1 aromatic heterocycles. The van der Waals surface area contributed by atoms with Gasteiger partial charge < -0.3 is 44.7 Å². The van der Waals surface area contributed by atoms with Crippen molar-refractivity contribution in [2.75, 3.05) is 14.2 Å². The third kappa shape index (κ3) is 4.82. The summed E-state index contributed by atoms with van der Waals surface area (Å²) < 4.78 is 26.8. The van der Waals surface area contributed by atoms with Crippen molar-refractivity contribution in [1.82, 2.24) is 9.55 Å². The van der Waals surface area contributed by atoms with Gasteiger partial charge in [0.25, 0.3) is 5.56 Å². The zero-order valence-corrected chi connectivity index (χ0v) is 17.4. The predicted octanol–water partition coefficient (Wildman–Crippen LogP) is -4.18. The van der Waals surface area contributed by atoms with E-state index in [0.29, 0.717) is 0 Å². The standard InChI is InChI=1S/C18H23N3O12/c1-29-11-10(25)15(21-4-3-8(23)20-18(21)28)32-12(11)13(14(19)26)33-17-9(24)6(22)5-7(31-17)16(27)30-2/h3-6,9-13,15,17,22,24-25H,1-2H3,(H2,19,26)(H,20,23,28)/t6-,9-,10+,11-,12?,13+,15+,17+/m0/s1. The summed E-state index contributed by atoms with van der Waals surface area (Å²) >= 11 is 0. The molecule has 0 aromatic carbocycles. The summed E-state index contributed by atoms with van der Waals surface area (Å²) in [4.78, 5) is 49.4. The van der Waals surface area contributed by atoms with Crippen LogP contribution in [0.3, 0.4) is 0 Å². The van der Waals surface area contributed by atoms with E-state index in [1.54, 1.807) is 0 Å². The molecule has 1 unspecified atom stereocenters. The number of aliphatic hydroxyl groups excluding tert-OH is 3. The summed E-state index contributed by atoms with van der Waals surface area (Å²) in [6.45, 7) is 0. The molecule has 0 radical (unpaired) electrons. The van der Waals surface area contributed by atoms with Crippen LogP contribution < -0.4 is 17.0 Å². The van der Waals surface area contributed by atoms with Gasteiger partial charge in [-0.05, 0) is 6.08 Å². The van der Waals surface area contributed by atoms with Crippen LogP contribution in [-0.2, 0) is 33.3 Å². The first-order valence-corrected chi connectivity index (χ1v) is 9.54. The summed E-state index contributed by atoms with van der Waals surface area (Å²) in [6.07, 6.45) is -10.6.